The Kier molecular flexibility index (Phi) is 5.26. The predicted octanol–water partition coefficient (Wildman–Crippen LogP) is 1.41. The van der Waals surface area contributed by atoms with E-state index in [1.165, 1.54) is 25.4 Å². The number of amides is 1. The van der Waals surface area contributed by atoms with E-state index in [1.54, 1.807) is 6.08 Å². The van der Waals surface area contributed by atoms with Crippen molar-refractivity contribution in [2.45, 2.75) is 6.92 Å². The van der Waals surface area contributed by atoms with Crippen LogP contribution in [0.2, 0.25) is 0 Å². The van der Waals surface area contributed by atoms with Crippen LogP contribution in [0.5, 0.6) is 0 Å². The minimum atomic E-state index is -0.144. The molecule has 12 heavy (non-hydrogen) atoms. The van der Waals surface area contributed by atoms with E-state index in [0.29, 0.717) is 5.70 Å². The summed E-state index contributed by atoms with van der Waals surface area (Å²) in [6.45, 7) is 8.39. The molecule has 3 heteroatoms. The molecule has 0 saturated carbocycles. The SMILES string of the molecule is C=C/C=N\C=C(/C=C)NC(C)=O. The van der Waals surface area contributed by atoms with Crippen molar-refractivity contribution in [2.24, 2.45) is 4.99 Å². The Balaban J connectivity index is 4.22. The third kappa shape index (κ3) is 5.17. The summed E-state index contributed by atoms with van der Waals surface area (Å²) in [6.07, 6.45) is 6.08. The van der Waals surface area contributed by atoms with Gasteiger partial charge < -0.3 is 5.32 Å². The number of carbonyl (C=O) groups excluding carboxylic acids is 1. The number of hydrogen-bond donors (Lipinski definition) is 1. The van der Waals surface area contributed by atoms with Crippen molar-refractivity contribution in [3.63, 3.8) is 0 Å². The lowest BCUT2D eigenvalue weighted by Gasteiger charge is -1.98. The molecule has 0 saturated heterocycles. The summed E-state index contributed by atoms with van der Waals surface area (Å²) < 4.78 is 0. The first-order valence-corrected chi connectivity index (χ1v) is 3.45. The normalized spacial score (nSPS) is 11.2. The molecule has 0 unspecified atom stereocenters. The van der Waals surface area contributed by atoms with Crippen molar-refractivity contribution in [1.29, 1.82) is 0 Å². The zero-order chi connectivity index (χ0) is 9.40. The molecule has 0 aliphatic rings. The molecule has 64 valence electrons. The van der Waals surface area contributed by atoms with Gasteiger partial charge in [0.05, 0.1) is 11.9 Å². The van der Waals surface area contributed by atoms with Gasteiger partial charge in [0.1, 0.15) is 0 Å². The molecule has 0 spiro atoms. The minimum absolute atomic E-state index is 0.144. The first-order valence-electron chi connectivity index (χ1n) is 3.45. The minimum Gasteiger partial charge on any atom is -0.325 e. The highest BCUT2D eigenvalue weighted by molar-refractivity contribution is 5.75. The maximum Gasteiger partial charge on any atom is 0.221 e. The molecule has 0 rings (SSSR count). The number of carbonyl (C=O) groups is 1. The standard InChI is InChI=1S/C9H12N2O/c1-4-6-10-7-9(5-2)11-8(3)12/h4-7H,1-2H2,3H3,(H,11,12)/b9-7+,10-6-. The second-order valence-corrected chi connectivity index (χ2v) is 2.00. The van der Waals surface area contributed by atoms with Crippen LogP contribution in [0, 0.1) is 0 Å². The summed E-state index contributed by atoms with van der Waals surface area (Å²) >= 11 is 0. The van der Waals surface area contributed by atoms with Crippen LogP contribution >= 0.6 is 0 Å². The summed E-state index contributed by atoms with van der Waals surface area (Å²) in [5, 5.41) is 2.54. The summed E-state index contributed by atoms with van der Waals surface area (Å²) in [6, 6.07) is 0. The van der Waals surface area contributed by atoms with Crippen molar-refractivity contribution in [1.82, 2.24) is 5.32 Å². The first kappa shape index (κ1) is 10.4. The molecule has 0 radical (unpaired) electrons. The molecule has 0 aromatic heterocycles. The van der Waals surface area contributed by atoms with Gasteiger partial charge in [0, 0.05) is 13.1 Å². The highest BCUT2D eigenvalue weighted by Gasteiger charge is 1.91. The van der Waals surface area contributed by atoms with Crippen LogP contribution in [0.15, 0.2) is 42.2 Å². The van der Waals surface area contributed by atoms with Crippen LogP contribution in [0.3, 0.4) is 0 Å². The second kappa shape index (κ2) is 6.09. The Morgan fingerprint density at radius 3 is 2.58 bits per heavy atom. The molecule has 0 aromatic carbocycles. The molecular formula is C9H12N2O. The van der Waals surface area contributed by atoms with Crippen LogP contribution in [-0.4, -0.2) is 12.1 Å². The molecule has 3 nitrogen and oxygen atoms in total. The van der Waals surface area contributed by atoms with E-state index in [1.807, 2.05) is 0 Å². The quantitative estimate of drug-likeness (QED) is 0.495. The highest BCUT2D eigenvalue weighted by Crippen LogP contribution is 1.89. The molecular weight excluding hydrogens is 152 g/mol. The molecule has 0 atom stereocenters. The van der Waals surface area contributed by atoms with Crippen molar-refractivity contribution in [3.8, 4) is 0 Å². The summed E-state index contributed by atoms with van der Waals surface area (Å²) in [7, 11) is 0. The molecule has 0 fully saturated rings. The Hall–Kier alpha value is -1.64. The van der Waals surface area contributed by atoms with E-state index in [4.69, 9.17) is 0 Å². The first-order chi connectivity index (χ1) is 5.70. The number of nitrogens with zero attached hydrogens (tertiary/aromatic N) is 1. The third-order valence-corrected chi connectivity index (χ3v) is 0.945. The van der Waals surface area contributed by atoms with Crippen LogP contribution in [0.4, 0.5) is 0 Å². The molecule has 1 N–H and O–H groups in total. The van der Waals surface area contributed by atoms with E-state index < -0.39 is 0 Å². The second-order valence-electron chi connectivity index (χ2n) is 2.00. The Morgan fingerprint density at radius 1 is 1.50 bits per heavy atom. The molecule has 0 aliphatic heterocycles. The van der Waals surface area contributed by atoms with Crippen LogP contribution in [0.1, 0.15) is 6.92 Å². The maximum atomic E-state index is 10.6. The number of nitrogens with one attached hydrogen (secondary N) is 1. The summed E-state index contributed by atoms with van der Waals surface area (Å²) in [4.78, 5) is 14.4. The number of allylic oxidation sites excluding steroid dienone is 2. The van der Waals surface area contributed by atoms with Gasteiger partial charge in [-0.3, -0.25) is 9.79 Å². The fourth-order valence-corrected chi connectivity index (χ4v) is 0.523. The van der Waals surface area contributed by atoms with Crippen molar-refractivity contribution >= 4 is 12.1 Å². The maximum absolute atomic E-state index is 10.6. The summed E-state index contributed by atoms with van der Waals surface area (Å²) in [5.74, 6) is -0.144. The van der Waals surface area contributed by atoms with Crippen molar-refractivity contribution in [3.05, 3.63) is 37.2 Å². The van der Waals surface area contributed by atoms with E-state index in [9.17, 15) is 4.79 Å². The van der Waals surface area contributed by atoms with E-state index in [-0.39, 0.29) is 5.91 Å². The number of hydrogen-bond acceptors (Lipinski definition) is 2. The highest BCUT2D eigenvalue weighted by atomic mass is 16.1. The largest absolute Gasteiger partial charge is 0.325 e. The van der Waals surface area contributed by atoms with E-state index >= 15 is 0 Å². The Labute approximate surface area is 72.2 Å². The average molecular weight is 164 g/mol. The van der Waals surface area contributed by atoms with Crippen LogP contribution in [-0.2, 0) is 4.79 Å². The van der Waals surface area contributed by atoms with Crippen LogP contribution in [0.25, 0.3) is 0 Å². The van der Waals surface area contributed by atoms with Gasteiger partial charge in [-0.05, 0) is 6.08 Å². The zero-order valence-corrected chi connectivity index (χ0v) is 7.08. The monoisotopic (exact) mass is 164 g/mol. The van der Waals surface area contributed by atoms with Gasteiger partial charge in [-0.25, -0.2) is 0 Å². The Morgan fingerprint density at radius 2 is 2.17 bits per heavy atom. The van der Waals surface area contributed by atoms with Gasteiger partial charge in [-0.1, -0.05) is 19.2 Å². The Bertz CT molecular complexity index is 239. The van der Waals surface area contributed by atoms with Gasteiger partial charge in [0.25, 0.3) is 0 Å². The van der Waals surface area contributed by atoms with Gasteiger partial charge in [-0.15, -0.1) is 0 Å². The van der Waals surface area contributed by atoms with Crippen molar-refractivity contribution < 1.29 is 4.79 Å². The molecule has 0 bridgehead atoms. The number of aliphatic imine (C=N–C) groups is 1. The molecule has 0 aromatic rings. The molecule has 0 aliphatic carbocycles. The summed E-state index contributed by atoms with van der Waals surface area (Å²) in [5.41, 5.74) is 0.570. The van der Waals surface area contributed by atoms with Gasteiger partial charge in [0.2, 0.25) is 5.91 Å². The lowest BCUT2D eigenvalue weighted by Crippen LogP contribution is -2.17. The van der Waals surface area contributed by atoms with Crippen molar-refractivity contribution in [2.75, 3.05) is 0 Å². The molecule has 1 amide bonds. The topological polar surface area (TPSA) is 41.5 Å². The fraction of sp³-hybridized carbons (Fsp3) is 0.111. The van der Waals surface area contributed by atoms with Gasteiger partial charge in [0.15, 0.2) is 0 Å². The van der Waals surface area contributed by atoms with Gasteiger partial charge >= 0.3 is 0 Å². The van der Waals surface area contributed by atoms with Crippen LogP contribution < -0.4 is 5.32 Å². The lowest BCUT2D eigenvalue weighted by molar-refractivity contribution is -0.118. The van der Waals surface area contributed by atoms with Gasteiger partial charge in [-0.2, -0.15) is 0 Å². The van der Waals surface area contributed by atoms with E-state index in [2.05, 4.69) is 23.5 Å². The predicted molar refractivity (Wildman–Crippen MR) is 50.8 cm³/mol. The smallest absolute Gasteiger partial charge is 0.221 e. The lowest BCUT2D eigenvalue weighted by atomic mass is 10.4. The fourth-order valence-electron chi connectivity index (χ4n) is 0.523. The average Bonchev–Trinajstić information content (AvgIpc) is 2.02. The third-order valence-electron chi connectivity index (χ3n) is 0.945. The van der Waals surface area contributed by atoms with E-state index in [0.717, 1.165) is 0 Å². The zero-order valence-electron chi connectivity index (χ0n) is 7.08. The molecule has 0 heterocycles. The number of rotatable bonds is 4.